The highest BCUT2D eigenvalue weighted by Crippen LogP contribution is 2.30. The largest absolute Gasteiger partial charge is 0.494 e. The Kier molecular flexibility index (Phi) is 8.92. The van der Waals surface area contributed by atoms with Crippen LogP contribution in [0.1, 0.15) is 29.5 Å². The third-order valence-corrected chi connectivity index (χ3v) is 7.28. The second-order valence-electron chi connectivity index (χ2n) is 8.34. The maximum absolute atomic E-state index is 12.8. The molecule has 2 amide bonds. The van der Waals surface area contributed by atoms with Gasteiger partial charge in [0.2, 0.25) is 11.8 Å². The fourth-order valence-corrected chi connectivity index (χ4v) is 5.28. The Balaban J connectivity index is 1.17. The van der Waals surface area contributed by atoms with Gasteiger partial charge in [0.25, 0.3) is 0 Å². The fourth-order valence-electron chi connectivity index (χ4n) is 3.79. The number of nitrogens with zero attached hydrogens (tertiary/aromatic N) is 1. The summed E-state index contributed by atoms with van der Waals surface area (Å²) in [4.78, 5) is 26.9. The van der Waals surface area contributed by atoms with Crippen LogP contribution in [0.3, 0.4) is 0 Å². The maximum atomic E-state index is 12.8. The van der Waals surface area contributed by atoms with Gasteiger partial charge in [0.05, 0.1) is 18.4 Å². The minimum absolute atomic E-state index is 0.104. The van der Waals surface area contributed by atoms with E-state index in [0.717, 1.165) is 29.7 Å². The van der Waals surface area contributed by atoms with Crippen molar-refractivity contribution in [1.29, 1.82) is 0 Å². The van der Waals surface area contributed by atoms with Crippen molar-refractivity contribution in [3.05, 3.63) is 102 Å². The van der Waals surface area contributed by atoms with Crippen LogP contribution in [0.4, 0.5) is 0 Å². The van der Waals surface area contributed by atoms with Crippen LogP contribution in [-0.2, 0) is 29.1 Å². The molecule has 0 bridgehead atoms. The van der Waals surface area contributed by atoms with Crippen LogP contribution in [-0.4, -0.2) is 32.9 Å². The molecule has 1 fully saturated rings. The van der Waals surface area contributed by atoms with Crippen molar-refractivity contribution < 1.29 is 14.3 Å². The quantitative estimate of drug-likeness (QED) is 0.290. The number of ether oxygens (including phenoxy) is 1. The average Bonchev–Trinajstić information content (AvgIpc) is 3.14. The molecule has 0 radical (unpaired) electrons. The minimum Gasteiger partial charge on any atom is -0.494 e. The first-order valence-electron chi connectivity index (χ1n) is 11.7. The third-order valence-electron chi connectivity index (χ3n) is 5.69. The Labute approximate surface area is 215 Å². The molecule has 1 N–H and O–H groups in total. The number of hydrogen-bond donors (Lipinski definition) is 1. The zero-order chi connectivity index (χ0) is 24.5. The van der Waals surface area contributed by atoms with Crippen molar-refractivity contribution in [2.45, 2.75) is 37.6 Å². The molecule has 1 atom stereocenters. The molecule has 3 aromatic rings. The SMILES string of the molecule is O=C(CC1SC(=S)N(Cc2ccccc2)C1=O)NCc1ccc(OCCCc2ccccc2)cc1. The second kappa shape index (κ2) is 12.5. The van der Waals surface area contributed by atoms with E-state index in [2.05, 4.69) is 17.4 Å². The van der Waals surface area contributed by atoms with Gasteiger partial charge < -0.3 is 10.1 Å². The number of amides is 2. The molecule has 1 heterocycles. The number of carbonyl (C=O) groups is 2. The van der Waals surface area contributed by atoms with Crippen LogP contribution in [0, 0.1) is 0 Å². The summed E-state index contributed by atoms with van der Waals surface area (Å²) in [5.74, 6) is 0.544. The Hall–Kier alpha value is -3.16. The molecule has 0 aromatic heterocycles. The maximum Gasteiger partial charge on any atom is 0.242 e. The van der Waals surface area contributed by atoms with Gasteiger partial charge in [-0.15, -0.1) is 0 Å². The van der Waals surface area contributed by atoms with Gasteiger partial charge in [-0.1, -0.05) is 96.8 Å². The lowest BCUT2D eigenvalue weighted by Gasteiger charge is -2.15. The highest BCUT2D eigenvalue weighted by molar-refractivity contribution is 8.24. The lowest BCUT2D eigenvalue weighted by atomic mass is 10.1. The van der Waals surface area contributed by atoms with Crippen LogP contribution < -0.4 is 10.1 Å². The predicted octanol–water partition coefficient (Wildman–Crippen LogP) is 5.13. The number of aryl methyl sites for hydroxylation is 1. The monoisotopic (exact) mass is 504 g/mol. The van der Waals surface area contributed by atoms with Crippen molar-refractivity contribution in [3.63, 3.8) is 0 Å². The van der Waals surface area contributed by atoms with Crippen molar-refractivity contribution in [2.24, 2.45) is 0 Å². The van der Waals surface area contributed by atoms with Gasteiger partial charge in [-0.05, 0) is 41.7 Å². The molecule has 180 valence electrons. The molecule has 0 saturated carbocycles. The van der Waals surface area contributed by atoms with E-state index in [9.17, 15) is 9.59 Å². The number of nitrogens with one attached hydrogen (secondary N) is 1. The highest BCUT2D eigenvalue weighted by atomic mass is 32.2. The highest BCUT2D eigenvalue weighted by Gasteiger charge is 2.37. The molecular formula is C28H28N2O3S2. The van der Waals surface area contributed by atoms with Gasteiger partial charge in [-0.2, -0.15) is 0 Å². The van der Waals surface area contributed by atoms with Crippen LogP contribution in [0.15, 0.2) is 84.9 Å². The summed E-state index contributed by atoms with van der Waals surface area (Å²) in [5, 5.41) is 2.43. The standard InChI is InChI=1S/C28H28N2O3S2/c31-26(18-25-27(32)30(28(34)35-25)20-23-10-5-2-6-11-23)29-19-22-13-15-24(16-14-22)33-17-7-12-21-8-3-1-4-9-21/h1-6,8-11,13-16,25H,7,12,17-20H2,(H,29,31). The second-order valence-corrected chi connectivity index (χ2v) is 10.2. The Morgan fingerprint density at radius 1 is 0.914 bits per heavy atom. The van der Waals surface area contributed by atoms with Gasteiger partial charge in [0.1, 0.15) is 10.1 Å². The van der Waals surface area contributed by atoms with E-state index in [-0.39, 0.29) is 18.2 Å². The molecule has 1 aliphatic heterocycles. The molecule has 3 aromatic carbocycles. The Bertz CT molecular complexity index is 1140. The summed E-state index contributed by atoms with van der Waals surface area (Å²) in [6, 6.07) is 27.8. The zero-order valence-corrected chi connectivity index (χ0v) is 21.0. The van der Waals surface area contributed by atoms with E-state index in [1.165, 1.54) is 17.3 Å². The summed E-state index contributed by atoms with van der Waals surface area (Å²) in [7, 11) is 0. The smallest absolute Gasteiger partial charge is 0.242 e. The van der Waals surface area contributed by atoms with Gasteiger partial charge in [-0.25, -0.2) is 0 Å². The summed E-state index contributed by atoms with van der Waals surface area (Å²) >= 11 is 6.68. The van der Waals surface area contributed by atoms with Crippen LogP contribution >= 0.6 is 24.0 Å². The van der Waals surface area contributed by atoms with E-state index in [1.54, 1.807) is 4.90 Å². The van der Waals surface area contributed by atoms with E-state index in [1.807, 2.05) is 72.8 Å². The molecular weight excluding hydrogens is 476 g/mol. The first-order valence-corrected chi connectivity index (χ1v) is 13.0. The molecule has 35 heavy (non-hydrogen) atoms. The minimum atomic E-state index is -0.474. The molecule has 5 nitrogen and oxygen atoms in total. The molecule has 0 aliphatic carbocycles. The molecule has 4 rings (SSSR count). The van der Waals surface area contributed by atoms with E-state index >= 15 is 0 Å². The predicted molar refractivity (Wildman–Crippen MR) is 144 cm³/mol. The number of thiocarbonyl (C=S) groups is 1. The van der Waals surface area contributed by atoms with Gasteiger partial charge >= 0.3 is 0 Å². The lowest BCUT2D eigenvalue weighted by molar-refractivity contribution is -0.129. The van der Waals surface area contributed by atoms with E-state index in [4.69, 9.17) is 17.0 Å². The fraction of sp³-hybridized carbons (Fsp3) is 0.250. The van der Waals surface area contributed by atoms with Crippen molar-refractivity contribution >= 4 is 40.1 Å². The molecule has 1 unspecified atom stereocenters. The first kappa shape index (κ1) is 24.9. The molecule has 7 heteroatoms. The summed E-state index contributed by atoms with van der Waals surface area (Å²) in [6.45, 7) is 1.49. The topological polar surface area (TPSA) is 58.6 Å². The Morgan fingerprint density at radius 3 is 2.26 bits per heavy atom. The number of rotatable bonds is 11. The van der Waals surface area contributed by atoms with Crippen LogP contribution in [0.5, 0.6) is 5.75 Å². The normalized spacial score (nSPS) is 15.3. The van der Waals surface area contributed by atoms with Crippen molar-refractivity contribution in [2.75, 3.05) is 6.61 Å². The first-order chi connectivity index (χ1) is 17.1. The van der Waals surface area contributed by atoms with E-state index in [0.29, 0.717) is 24.0 Å². The summed E-state index contributed by atoms with van der Waals surface area (Å²) in [5.41, 5.74) is 3.30. The van der Waals surface area contributed by atoms with Gasteiger partial charge in [0, 0.05) is 13.0 Å². The van der Waals surface area contributed by atoms with Crippen molar-refractivity contribution in [3.8, 4) is 5.75 Å². The lowest BCUT2D eigenvalue weighted by Crippen LogP contribution is -2.33. The molecule has 1 saturated heterocycles. The van der Waals surface area contributed by atoms with Crippen LogP contribution in [0.2, 0.25) is 0 Å². The number of hydrogen-bond acceptors (Lipinski definition) is 5. The summed E-state index contributed by atoms with van der Waals surface area (Å²) in [6.07, 6.45) is 2.05. The summed E-state index contributed by atoms with van der Waals surface area (Å²) < 4.78 is 6.35. The van der Waals surface area contributed by atoms with Crippen molar-refractivity contribution in [1.82, 2.24) is 10.2 Å². The Morgan fingerprint density at radius 2 is 1.57 bits per heavy atom. The number of carbonyl (C=O) groups excluding carboxylic acids is 2. The molecule has 1 aliphatic rings. The molecule has 0 spiro atoms. The third kappa shape index (κ3) is 7.41. The van der Waals surface area contributed by atoms with E-state index < -0.39 is 5.25 Å². The van der Waals surface area contributed by atoms with Gasteiger partial charge in [-0.3, -0.25) is 14.5 Å². The van der Waals surface area contributed by atoms with Gasteiger partial charge in [0.15, 0.2) is 0 Å². The number of benzene rings is 3. The zero-order valence-electron chi connectivity index (χ0n) is 19.4. The average molecular weight is 505 g/mol. The van der Waals surface area contributed by atoms with Crippen LogP contribution in [0.25, 0.3) is 0 Å². The number of thioether (sulfide) groups is 1.